The van der Waals surface area contributed by atoms with Crippen molar-refractivity contribution in [1.82, 2.24) is 10.2 Å². The van der Waals surface area contributed by atoms with E-state index in [1.165, 1.54) is 29.2 Å². The molecule has 3 aromatic carbocycles. The third kappa shape index (κ3) is 7.90. The number of benzene rings is 3. The molecule has 214 valence electrons. The molecule has 3 rings (SSSR count). The highest BCUT2D eigenvalue weighted by Gasteiger charge is 2.33. The van der Waals surface area contributed by atoms with E-state index in [0.29, 0.717) is 28.0 Å². The largest absolute Gasteiger partial charge is 0.494 e. The van der Waals surface area contributed by atoms with Gasteiger partial charge in [0, 0.05) is 22.6 Å². The van der Waals surface area contributed by atoms with Gasteiger partial charge in [0.25, 0.3) is 10.0 Å². The van der Waals surface area contributed by atoms with Gasteiger partial charge >= 0.3 is 0 Å². The Kier molecular flexibility index (Phi) is 10.8. The summed E-state index contributed by atoms with van der Waals surface area (Å²) in [6.45, 7) is 6.95. The number of rotatable bonds is 12. The van der Waals surface area contributed by atoms with Gasteiger partial charge in [0.15, 0.2) is 0 Å². The fraction of sp³-hybridized carbons (Fsp3) is 0.310. The van der Waals surface area contributed by atoms with Crippen LogP contribution in [-0.2, 0) is 26.2 Å². The lowest BCUT2D eigenvalue weighted by molar-refractivity contribution is -0.139. The van der Waals surface area contributed by atoms with Crippen LogP contribution >= 0.6 is 23.2 Å². The van der Waals surface area contributed by atoms with E-state index >= 15 is 0 Å². The van der Waals surface area contributed by atoms with Crippen LogP contribution < -0.4 is 14.4 Å². The third-order valence-corrected chi connectivity index (χ3v) is 8.42. The minimum atomic E-state index is -4.21. The second-order valence-electron chi connectivity index (χ2n) is 9.34. The Morgan fingerprint density at radius 2 is 1.55 bits per heavy atom. The minimum absolute atomic E-state index is 0.00327. The molecule has 0 bridgehead atoms. The molecule has 0 aromatic heterocycles. The highest BCUT2D eigenvalue weighted by molar-refractivity contribution is 7.92. The smallest absolute Gasteiger partial charge is 0.264 e. The number of hydrogen-bond donors (Lipinski definition) is 1. The summed E-state index contributed by atoms with van der Waals surface area (Å²) in [6.07, 6.45) is 0. The number of amides is 2. The van der Waals surface area contributed by atoms with Crippen molar-refractivity contribution in [1.29, 1.82) is 0 Å². The number of nitrogens with one attached hydrogen (secondary N) is 1. The van der Waals surface area contributed by atoms with Crippen molar-refractivity contribution in [2.45, 2.75) is 51.2 Å². The van der Waals surface area contributed by atoms with E-state index in [1.807, 2.05) is 20.8 Å². The predicted molar refractivity (Wildman–Crippen MR) is 158 cm³/mol. The van der Waals surface area contributed by atoms with Gasteiger partial charge in [-0.1, -0.05) is 41.4 Å². The van der Waals surface area contributed by atoms with E-state index in [4.69, 9.17) is 27.9 Å². The minimum Gasteiger partial charge on any atom is -0.494 e. The molecule has 0 saturated carbocycles. The zero-order chi connectivity index (χ0) is 29.4. The van der Waals surface area contributed by atoms with Gasteiger partial charge in [-0.2, -0.15) is 0 Å². The second-order valence-corrected chi connectivity index (χ2v) is 12.1. The lowest BCUT2D eigenvalue weighted by Gasteiger charge is -2.32. The van der Waals surface area contributed by atoms with Crippen LogP contribution in [0.2, 0.25) is 10.0 Å². The molecule has 1 atom stereocenters. The van der Waals surface area contributed by atoms with Crippen LogP contribution in [0.3, 0.4) is 0 Å². The Hall–Kier alpha value is -3.27. The number of carbonyl (C=O) groups is 2. The lowest BCUT2D eigenvalue weighted by atomic mass is 10.1. The molecule has 3 aromatic rings. The molecule has 0 spiro atoms. The summed E-state index contributed by atoms with van der Waals surface area (Å²) in [4.78, 5) is 28.2. The molecule has 0 saturated heterocycles. The van der Waals surface area contributed by atoms with Gasteiger partial charge in [-0.15, -0.1) is 0 Å². The van der Waals surface area contributed by atoms with Crippen molar-refractivity contribution >= 4 is 50.7 Å². The SMILES string of the molecule is CCOc1ccc(N(CC(=O)N(Cc2ccccc2Cl)[C@H](C)C(=O)NC(C)C)S(=O)(=O)c2ccc(Cl)cc2)cc1. The van der Waals surface area contributed by atoms with Crippen molar-refractivity contribution in [3.05, 3.63) is 88.4 Å². The van der Waals surface area contributed by atoms with Crippen LogP contribution in [-0.4, -0.2) is 50.4 Å². The van der Waals surface area contributed by atoms with E-state index in [9.17, 15) is 18.0 Å². The highest BCUT2D eigenvalue weighted by Crippen LogP contribution is 2.28. The molecule has 11 heteroatoms. The van der Waals surface area contributed by atoms with Crippen molar-refractivity contribution in [2.75, 3.05) is 17.5 Å². The Morgan fingerprint density at radius 3 is 2.12 bits per heavy atom. The molecule has 0 unspecified atom stereocenters. The number of carbonyl (C=O) groups excluding carboxylic acids is 2. The first-order chi connectivity index (χ1) is 18.9. The quantitative estimate of drug-likeness (QED) is 0.293. The van der Waals surface area contributed by atoms with Crippen molar-refractivity contribution in [3.63, 3.8) is 0 Å². The normalized spacial score (nSPS) is 12.1. The monoisotopic (exact) mass is 605 g/mol. The van der Waals surface area contributed by atoms with Gasteiger partial charge in [0.1, 0.15) is 18.3 Å². The molecule has 0 heterocycles. The first kappa shape index (κ1) is 31.3. The summed E-state index contributed by atoms with van der Waals surface area (Å²) in [5.41, 5.74) is 0.874. The highest BCUT2D eigenvalue weighted by atomic mass is 35.5. The van der Waals surface area contributed by atoms with Crippen LogP contribution in [0.1, 0.15) is 33.3 Å². The number of halogens is 2. The zero-order valence-corrected chi connectivity index (χ0v) is 25.1. The number of sulfonamides is 1. The molecule has 2 amide bonds. The number of anilines is 1. The Labute approximate surface area is 245 Å². The molecule has 0 radical (unpaired) electrons. The van der Waals surface area contributed by atoms with Crippen molar-refractivity contribution in [2.24, 2.45) is 0 Å². The Morgan fingerprint density at radius 1 is 0.925 bits per heavy atom. The van der Waals surface area contributed by atoms with Gasteiger partial charge in [-0.05, 0) is 87.9 Å². The standard InChI is InChI=1S/C29H33Cl2N3O5S/c1-5-39-25-14-12-24(13-15-25)34(40(37,38)26-16-10-23(30)11-17-26)19-28(35)33(21(4)29(36)32-20(2)3)18-22-8-6-7-9-27(22)31/h6-17,20-21H,5,18-19H2,1-4H3,(H,32,36)/t21-/m1/s1. The fourth-order valence-electron chi connectivity index (χ4n) is 3.94. The van der Waals surface area contributed by atoms with Crippen molar-refractivity contribution in [3.8, 4) is 5.75 Å². The van der Waals surface area contributed by atoms with Gasteiger partial charge in [-0.3, -0.25) is 13.9 Å². The summed E-state index contributed by atoms with van der Waals surface area (Å²) in [7, 11) is -4.21. The van der Waals surface area contributed by atoms with E-state index in [0.717, 1.165) is 4.31 Å². The number of nitrogens with zero attached hydrogens (tertiary/aromatic N) is 2. The second kappa shape index (κ2) is 13.9. The summed E-state index contributed by atoms with van der Waals surface area (Å²) in [5, 5.41) is 3.62. The first-order valence-corrected chi connectivity index (χ1v) is 15.0. The van der Waals surface area contributed by atoms with Crippen LogP contribution in [0.5, 0.6) is 5.75 Å². The zero-order valence-electron chi connectivity index (χ0n) is 22.8. The summed E-state index contributed by atoms with van der Waals surface area (Å²) in [6, 6.07) is 18.0. The van der Waals surface area contributed by atoms with Gasteiger partial charge in [0.2, 0.25) is 11.8 Å². The average molecular weight is 607 g/mol. The molecular weight excluding hydrogens is 573 g/mol. The summed E-state index contributed by atoms with van der Waals surface area (Å²) >= 11 is 12.4. The molecule has 40 heavy (non-hydrogen) atoms. The summed E-state index contributed by atoms with van der Waals surface area (Å²) < 4.78 is 34.2. The molecule has 1 N–H and O–H groups in total. The van der Waals surface area contributed by atoms with Crippen LogP contribution in [0, 0.1) is 0 Å². The topological polar surface area (TPSA) is 96.0 Å². The molecule has 0 aliphatic rings. The summed E-state index contributed by atoms with van der Waals surface area (Å²) in [5.74, 6) is -0.401. The Balaban J connectivity index is 2.04. The molecular formula is C29H33Cl2N3O5S. The van der Waals surface area contributed by atoms with Crippen LogP contribution in [0.4, 0.5) is 5.69 Å². The van der Waals surface area contributed by atoms with Gasteiger partial charge in [-0.25, -0.2) is 8.42 Å². The maximum atomic E-state index is 13.9. The third-order valence-electron chi connectivity index (χ3n) is 6.01. The van der Waals surface area contributed by atoms with Crippen LogP contribution in [0.15, 0.2) is 77.7 Å². The number of ether oxygens (including phenoxy) is 1. The average Bonchev–Trinajstić information content (AvgIpc) is 2.91. The number of hydrogen-bond acceptors (Lipinski definition) is 5. The molecule has 8 nitrogen and oxygen atoms in total. The molecule has 0 aliphatic heterocycles. The van der Waals surface area contributed by atoms with E-state index in [-0.39, 0.29) is 29.1 Å². The van der Waals surface area contributed by atoms with E-state index < -0.39 is 28.5 Å². The lowest BCUT2D eigenvalue weighted by Crippen LogP contribution is -2.52. The molecule has 0 aliphatic carbocycles. The van der Waals surface area contributed by atoms with Gasteiger partial charge in [0.05, 0.1) is 17.2 Å². The predicted octanol–water partition coefficient (Wildman–Crippen LogP) is 5.53. The maximum Gasteiger partial charge on any atom is 0.264 e. The fourth-order valence-corrected chi connectivity index (χ4v) is 5.67. The van der Waals surface area contributed by atoms with Crippen LogP contribution in [0.25, 0.3) is 0 Å². The van der Waals surface area contributed by atoms with Crippen molar-refractivity contribution < 1.29 is 22.7 Å². The van der Waals surface area contributed by atoms with E-state index in [1.54, 1.807) is 55.5 Å². The first-order valence-electron chi connectivity index (χ1n) is 12.8. The Bertz CT molecular complexity index is 1410. The molecule has 0 fully saturated rings. The van der Waals surface area contributed by atoms with E-state index in [2.05, 4.69) is 5.32 Å². The van der Waals surface area contributed by atoms with Gasteiger partial charge < -0.3 is 15.0 Å². The maximum absolute atomic E-state index is 13.9.